The van der Waals surface area contributed by atoms with E-state index >= 15 is 0 Å². The first-order valence-electron chi connectivity index (χ1n) is 32.9. The van der Waals surface area contributed by atoms with E-state index in [4.69, 9.17) is 0 Å². The number of para-hydroxylation sites is 2. The molecule has 0 aliphatic carbocycles. The molecule has 8 heterocycles. The average molecular weight is 1320 g/mol. The number of hydrogen-bond acceptors (Lipinski definition) is 11. The van der Waals surface area contributed by atoms with Gasteiger partial charge >= 0.3 is 0 Å². The molecule has 0 bridgehead atoms. The Labute approximate surface area is 581 Å². The molecule has 0 saturated heterocycles. The van der Waals surface area contributed by atoms with Crippen LogP contribution in [0.4, 0.5) is 79.6 Å². The van der Waals surface area contributed by atoms with Crippen LogP contribution in [0.5, 0.6) is 0 Å². The highest BCUT2D eigenvalue weighted by Gasteiger charge is 2.51. The molecule has 96 heavy (non-hydrogen) atoms. The van der Waals surface area contributed by atoms with Crippen LogP contribution in [0.15, 0.2) is 243 Å². The molecule has 0 unspecified atom stereocenters. The second kappa shape index (κ2) is 21.6. The van der Waals surface area contributed by atoms with Gasteiger partial charge in [-0.1, -0.05) is 158 Å². The predicted molar refractivity (Wildman–Crippen MR) is 427 cm³/mol. The molecule has 6 nitrogen and oxygen atoms in total. The molecule has 14 aromatic rings. The molecule has 1 N–H and O–H groups in total. The summed E-state index contributed by atoms with van der Waals surface area (Å²) in [6.45, 7) is 6.49. The molecule has 0 atom stereocenters. The lowest BCUT2D eigenvalue weighted by Crippen LogP contribution is -2.66. The summed E-state index contributed by atoms with van der Waals surface area (Å²) >= 11 is 9.37. The van der Waals surface area contributed by atoms with Gasteiger partial charge in [-0.15, -0.1) is 22.7 Å². The molecule has 2 aromatic heterocycles. The minimum atomic E-state index is -0.137. The second-order valence-electron chi connectivity index (χ2n) is 26.0. The van der Waals surface area contributed by atoms with Crippen molar-refractivity contribution in [1.29, 1.82) is 0 Å². The van der Waals surface area contributed by atoms with Crippen molar-refractivity contribution in [1.82, 2.24) is 0 Å². The van der Waals surface area contributed by atoms with E-state index in [1.54, 1.807) is 0 Å². The minimum Gasteiger partial charge on any atom is -0.356 e. The first-order valence-corrected chi connectivity index (χ1v) is 38.0. The third kappa shape index (κ3) is 8.02. The van der Waals surface area contributed by atoms with Gasteiger partial charge in [0.25, 0.3) is 20.1 Å². The largest absolute Gasteiger partial charge is 0.356 e. The number of rotatable bonds is 8. The number of benzene rings is 12. The lowest BCUT2D eigenvalue weighted by molar-refractivity contribution is 1.30. The first kappa shape index (κ1) is 56.9. The molecule has 6 aliphatic rings. The van der Waals surface area contributed by atoms with Crippen LogP contribution in [0.2, 0.25) is 0 Å². The Balaban J connectivity index is 0.874. The second-order valence-corrected chi connectivity index (χ2v) is 30.4. The monoisotopic (exact) mass is 1320 g/mol. The van der Waals surface area contributed by atoms with Crippen LogP contribution >= 0.6 is 58.5 Å². The Bertz CT molecular complexity index is 5680. The zero-order chi connectivity index (χ0) is 63.9. The van der Waals surface area contributed by atoms with Gasteiger partial charge in [-0.3, -0.25) is 12.9 Å². The molecule has 14 heteroatoms. The van der Waals surface area contributed by atoms with Crippen LogP contribution in [0.1, 0.15) is 16.7 Å². The molecule has 456 valence electrons. The lowest BCUT2D eigenvalue weighted by Gasteiger charge is -2.46. The van der Waals surface area contributed by atoms with Crippen molar-refractivity contribution in [3.63, 3.8) is 0 Å². The molecule has 0 saturated carbocycles. The molecule has 0 spiro atoms. The van der Waals surface area contributed by atoms with Crippen molar-refractivity contribution >= 4 is 226 Å². The van der Waals surface area contributed by atoms with E-state index in [0.717, 1.165) is 22.7 Å². The summed E-state index contributed by atoms with van der Waals surface area (Å²) in [4.78, 5) is 5.18. The Morgan fingerprint density at radius 2 is 0.698 bits per heavy atom. The third-order valence-electron chi connectivity index (χ3n) is 21.1. The Kier molecular flexibility index (Phi) is 12.8. The average Bonchev–Trinajstić information content (AvgIpc) is 0.982. The fourth-order valence-corrected chi connectivity index (χ4v) is 21.8. The first-order chi connectivity index (χ1) is 47.2. The van der Waals surface area contributed by atoms with Gasteiger partial charge in [-0.25, -0.2) is 0 Å². The van der Waals surface area contributed by atoms with Gasteiger partial charge in [0.2, 0.25) is 0 Å². The minimum absolute atomic E-state index is 0.0630. The van der Waals surface area contributed by atoms with Crippen LogP contribution in [0, 0.1) is 20.8 Å². The van der Waals surface area contributed by atoms with Gasteiger partial charge in [0.15, 0.2) is 0 Å². The number of nitrogens with one attached hydrogen (secondary N) is 1. The predicted octanol–water partition coefficient (Wildman–Crippen LogP) is 17.4. The van der Waals surface area contributed by atoms with E-state index in [9.17, 15) is 0 Å². The van der Waals surface area contributed by atoms with Gasteiger partial charge in [-0.05, 0) is 230 Å². The smallest absolute Gasteiger partial charge is 0.264 e. The third-order valence-corrected chi connectivity index (χ3v) is 25.8. The highest BCUT2D eigenvalue weighted by Crippen LogP contribution is 2.53. The molecule has 6 aliphatic heterocycles. The zero-order valence-electron chi connectivity index (χ0n) is 53.6. The Morgan fingerprint density at radius 1 is 0.323 bits per heavy atom. The molecule has 20 rings (SSSR count). The summed E-state index contributed by atoms with van der Waals surface area (Å²) in [5.74, 6) is 0. The van der Waals surface area contributed by atoms with Gasteiger partial charge in [0, 0.05) is 99.7 Å². The van der Waals surface area contributed by atoms with Crippen molar-refractivity contribution in [2.45, 2.75) is 20.8 Å². The van der Waals surface area contributed by atoms with Gasteiger partial charge in [0.05, 0.1) is 28.4 Å². The number of anilines is 14. The zero-order valence-corrected chi connectivity index (χ0v) is 57.7. The van der Waals surface area contributed by atoms with Crippen molar-refractivity contribution in [2.75, 3.05) is 46.8 Å². The summed E-state index contributed by atoms with van der Waals surface area (Å²) in [6.07, 6.45) is 6.81. The highest BCUT2D eigenvalue weighted by molar-refractivity contribution is 8.01. The lowest BCUT2D eigenvalue weighted by atomic mass is 9.30. The normalized spacial score (nSPS) is 14.0. The van der Waals surface area contributed by atoms with Crippen LogP contribution in [0.3, 0.4) is 0 Å². The number of hydrogen-bond donors (Lipinski definition) is 1. The Hall–Kier alpha value is -9.40. The van der Waals surface area contributed by atoms with Crippen LogP contribution in [0.25, 0.3) is 53.6 Å². The van der Waals surface area contributed by atoms with Gasteiger partial charge in [0.1, 0.15) is 0 Å². The quantitative estimate of drug-likeness (QED) is 0.118. The highest BCUT2D eigenvalue weighted by atomic mass is 32.2. The molecular weight excluding hydrogens is 1260 g/mol. The summed E-state index contributed by atoms with van der Waals surface area (Å²) in [5, 5.41) is 6.82. The maximum Gasteiger partial charge on any atom is 0.264 e. The Morgan fingerprint density at radius 3 is 1.18 bits per heavy atom. The summed E-state index contributed by atoms with van der Waals surface area (Å²) in [7, 11) is 0. The van der Waals surface area contributed by atoms with E-state index in [0.29, 0.717) is 0 Å². The number of thiophene rings is 2. The van der Waals surface area contributed by atoms with E-state index in [2.05, 4.69) is 310 Å². The molecule has 12 aromatic carbocycles. The van der Waals surface area contributed by atoms with Crippen LogP contribution in [-0.2, 0) is 0 Å². The standard InChI is InChI=1S/C82H59B3N6S5/c1-47-23-13-16-30-55(47)50-37-65-76-69(38-50)87(53-26-9-7-10-27-53)79-58-33-19-21-35-74(58)95-81(79)84(76)60-43-61-66(45-64(60)86-65)89(92-4)72-41-52(57-32-18-15-25-49(57)3)42-73-78(72)83(61)62-44-63-68(46-67(62)90(73)93-5)91(94-6)71-40-51(56-31-17-14-24-48(56)2)39-70-77(71)85(63)82-80(59-34-20-22-36-75(59)96-82)88(70)54-28-11-8-12-29-54/h7-46,86H,1-6H3. The van der Waals surface area contributed by atoms with Gasteiger partial charge < -0.3 is 15.1 Å². The maximum absolute atomic E-state index is 4.26. The van der Waals surface area contributed by atoms with Crippen molar-refractivity contribution < 1.29 is 0 Å². The van der Waals surface area contributed by atoms with E-state index in [1.165, 1.54) is 175 Å². The van der Waals surface area contributed by atoms with E-state index in [-0.39, 0.29) is 20.1 Å². The van der Waals surface area contributed by atoms with Crippen molar-refractivity contribution in [3.8, 4) is 33.4 Å². The fourth-order valence-electron chi connectivity index (χ4n) is 17.1. The molecule has 0 fully saturated rings. The number of aryl methyl sites for hydroxylation is 3. The van der Waals surface area contributed by atoms with Crippen molar-refractivity contribution in [3.05, 3.63) is 259 Å². The maximum atomic E-state index is 4.26. The van der Waals surface area contributed by atoms with E-state index in [1.807, 2.05) is 58.5 Å². The number of nitrogens with zero attached hydrogens (tertiary/aromatic N) is 5. The molecular formula is C82H59B3N6S5. The van der Waals surface area contributed by atoms with E-state index < -0.39 is 0 Å². The fraction of sp³-hybridized carbons (Fsp3) is 0.0732. The van der Waals surface area contributed by atoms with Crippen LogP contribution in [-0.4, -0.2) is 38.9 Å². The topological polar surface area (TPSA) is 28.2 Å². The SMILES string of the molecule is CSN1c2cc3c(cc2B2c4cc5c(cc4N(SC)c4cc(-c6ccccc6C)cc1c42)N(SC)c1cc(-c2ccccc2C)cc2c1B5c1sc4ccccc4c1N2c1ccccc1)B1c2sc4ccccc4c2N(c2ccccc2)c2cc(-c4ccccc4C)cc(c21)N3. The number of fused-ring (bicyclic) bond motifs is 16. The van der Waals surface area contributed by atoms with Gasteiger partial charge in [-0.2, -0.15) is 0 Å². The van der Waals surface area contributed by atoms with Crippen molar-refractivity contribution in [2.24, 2.45) is 0 Å². The van der Waals surface area contributed by atoms with Crippen LogP contribution < -0.4 is 75.8 Å². The molecule has 0 amide bonds. The summed E-state index contributed by atoms with van der Waals surface area (Å²) in [5.41, 5.74) is 37.4. The molecule has 0 radical (unpaired) electrons. The summed E-state index contributed by atoms with van der Waals surface area (Å²) in [6, 6.07) is 92.6. The summed E-state index contributed by atoms with van der Waals surface area (Å²) < 4.78 is 13.1.